The number of carbonyl (C=O) groups is 5. The maximum absolute atomic E-state index is 14.1. The number of amides is 3. The van der Waals surface area contributed by atoms with Crippen LogP contribution in [0.25, 0.3) is 11.4 Å². The molecule has 0 spiro atoms. The molecule has 2 aliphatic rings. The molecule has 5 rings (SSSR count). The zero-order chi connectivity index (χ0) is 40.9. The largest absolute Gasteiger partial charge is 0.556 e. The number of nitrogens with zero attached hydrogens (tertiary/aromatic N) is 5. The normalized spacial score (nSPS) is 16.2. The zero-order valence-corrected chi connectivity index (χ0v) is 33.1. The highest BCUT2D eigenvalue weighted by Crippen LogP contribution is 2.27. The first-order valence-electron chi connectivity index (χ1n) is 18.9. The predicted octanol–water partition coefficient (Wildman–Crippen LogP) is 3.89. The molecule has 1 aromatic heterocycles. The van der Waals surface area contributed by atoms with Gasteiger partial charge in [0, 0.05) is 77.3 Å². The van der Waals surface area contributed by atoms with Crippen molar-refractivity contribution < 1.29 is 52.4 Å². The van der Waals surface area contributed by atoms with Gasteiger partial charge in [-0.05, 0) is 41.5 Å². The summed E-state index contributed by atoms with van der Waals surface area (Å²) in [6.45, 7) is 3.46. The highest BCUT2D eigenvalue weighted by atomic mass is 31.1. The number of hydrogen-bond acceptors (Lipinski definition) is 13. The number of carboxylic acid groups (broad SMARTS) is 1. The molecule has 17 nitrogen and oxygen atoms in total. The average molecular weight is 808 g/mol. The quantitative estimate of drug-likeness (QED) is 0.113. The monoisotopic (exact) mass is 807 g/mol. The van der Waals surface area contributed by atoms with Crippen molar-refractivity contribution in [2.75, 3.05) is 51.3 Å². The number of aromatic nitrogens is 2. The molecule has 0 radical (unpaired) electrons. The highest BCUT2D eigenvalue weighted by Gasteiger charge is 2.35. The fraction of sp³-hybridized carbons (Fsp3) is 0.462. The van der Waals surface area contributed by atoms with Crippen molar-refractivity contribution in [1.82, 2.24) is 25.1 Å². The van der Waals surface area contributed by atoms with Crippen LogP contribution in [0.2, 0.25) is 0 Å². The summed E-state index contributed by atoms with van der Waals surface area (Å²) in [5, 5.41) is 12.5. The topological polar surface area (TPSA) is 207 Å². The molecule has 3 heterocycles. The van der Waals surface area contributed by atoms with Crippen LogP contribution in [-0.2, 0) is 44.1 Å². The van der Waals surface area contributed by atoms with Gasteiger partial charge >= 0.3 is 32.5 Å². The zero-order valence-electron chi connectivity index (χ0n) is 32.2. The van der Waals surface area contributed by atoms with E-state index in [0.717, 1.165) is 6.42 Å². The Labute approximate surface area is 331 Å². The molecule has 3 atom stereocenters. The lowest BCUT2D eigenvalue weighted by Gasteiger charge is -2.35. The summed E-state index contributed by atoms with van der Waals surface area (Å²) in [5.41, 5.74) is 1.33. The number of carbonyl (C=O) groups excluding carboxylic acids is 4. The number of benzene rings is 2. The second-order valence-electron chi connectivity index (χ2n) is 13.5. The Bertz CT molecular complexity index is 1870. The van der Waals surface area contributed by atoms with Gasteiger partial charge in [0.15, 0.2) is 5.82 Å². The van der Waals surface area contributed by atoms with Crippen molar-refractivity contribution >= 4 is 49.0 Å². The van der Waals surface area contributed by atoms with Crippen LogP contribution in [0.1, 0.15) is 62.0 Å². The highest BCUT2D eigenvalue weighted by molar-refractivity contribution is 7.48. The average Bonchev–Trinajstić information content (AvgIpc) is 3.71. The van der Waals surface area contributed by atoms with Crippen LogP contribution in [0.4, 0.5) is 10.6 Å². The van der Waals surface area contributed by atoms with Gasteiger partial charge in [-0.15, -0.1) is 0 Å². The molecule has 2 fully saturated rings. The third-order valence-electron chi connectivity index (χ3n) is 9.38. The van der Waals surface area contributed by atoms with Crippen molar-refractivity contribution in [2.45, 2.75) is 71.0 Å². The number of piperazine rings is 1. The van der Waals surface area contributed by atoms with E-state index in [-0.39, 0.29) is 62.5 Å². The Morgan fingerprint density at radius 3 is 2.09 bits per heavy atom. The summed E-state index contributed by atoms with van der Waals surface area (Å²) in [5.74, 6) is -1.53. The van der Waals surface area contributed by atoms with E-state index in [0.29, 0.717) is 48.7 Å². The minimum absolute atomic E-state index is 0.00480. The van der Waals surface area contributed by atoms with E-state index in [9.17, 15) is 33.6 Å². The smallest absolute Gasteiger partial charge is 0.465 e. The van der Waals surface area contributed by atoms with Gasteiger partial charge in [-0.3, -0.25) is 19.2 Å². The van der Waals surface area contributed by atoms with E-state index in [4.69, 9.17) is 23.7 Å². The molecule has 2 aliphatic heterocycles. The molecule has 304 valence electrons. The number of esters is 2. The molecular formula is C39H48N6O11P+. The fourth-order valence-electron chi connectivity index (χ4n) is 6.26. The molecule has 2 aromatic carbocycles. The van der Waals surface area contributed by atoms with Crippen LogP contribution in [0.5, 0.6) is 0 Å². The molecule has 3 aromatic rings. The molecule has 3 amide bonds. The molecule has 1 unspecified atom stereocenters. The van der Waals surface area contributed by atoms with Crippen molar-refractivity contribution in [1.29, 1.82) is 0 Å². The number of rotatable bonds is 17. The standard InChI is InChI=1S/C39H47N6O11P/c1-4-9-33(46)54-39(55-34(47)10-5-2)56-57(52)29-15-13-26(14-16-29)23-31(37(49)43-19-21-44(22-20-43)38(50)51)41-36(48)30-24-32(45-18-17-28(25-45)53-3)42-35(40-30)27-11-7-6-8-12-27/h6-8,11-16,24,28,31,39H,4-5,9-10,17-23,25H2,1-3H3,(H-,41,48,50,51)/p+1/t28-,31-/m0/s1. The van der Waals surface area contributed by atoms with Crippen molar-refractivity contribution in [3.05, 3.63) is 71.9 Å². The first-order chi connectivity index (χ1) is 27.5. The number of hydrogen-bond donors (Lipinski definition) is 2. The molecule has 0 aliphatic carbocycles. The summed E-state index contributed by atoms with van der Waals surface area (Å²) in [6, 6.07) is 15.9. The van der Waals surface area contributed by atoms with Gasteiger partial charge in [0.05, 0.1) is 6.10 Å². The molecule has 2 N–H and O–H groups in total. The van der Waals surface area contributed by atoms with E-state index in [1.54, 1.807) is 39.2 Å². The Kier molecular flexibility index (Phi) is 15.4. The first-order valence-corrected chi connectivity index (χ1v) is 20.1. The fourth-order valence-corrected chi connectivity index (χ4v) is 7.02. The molecular weight excluding hydrogens is 759 g/mol. The van der Waals surface area contributed by atoms with Crippen LogP contribution < -0.4 is 15.5 Å². The van der Waals surface area contributed by atoms with Crippen LogP contribution in [0.15, 0.2) is 60.7 Å². The van der Waals surface area contributed by atoms with Crippen LogP contribution in [0.3, 0.4) is 0 Å². The van der Waals surface area contributed by atoms with Gasteiger partial charge in [0.2, 0.25) is 11.2 Å². The molecule has 18 heteroatoms. The second-order valence-corrected chi connectivity index (χ2v) is 14.8. The van der Waals surface area contributed by atoms with Crippen LogP contribution in [-0.4, -0.2) is 120 Å². The van der Waals surface area contributed by atoms with Crippen molar-refractivity contribution in [2.24, 2.45) is 0 Å². The predicted molar refractivity (Wildman–Crippen MR) is 207 cm³/mol. The second kappa shape index (κ2) is 20.6. The number of ether oxygens (including phenoxy) is 3. The van der Waals surface area contributed by atoms with Crippen LogP contribution >= 0.6 is 8.03 Å². The molecule has 0 saturated carbocycles. The van der Waals surface area contributed by atoms with Crippen LogP contribution in [0, 0.1) is 0 Å². The maximum atomic E-state index is 14.1. The third-order valence-corrected chi connectivity index (χ3v) is 10.5. The van der Waals surface area contributed by atoms with E-state index >= 15 is 0 Å². The van der Waals surface area contributed by atoms with Crippen molar-refractivity contribution in [3.8, 4) is 11.4 Å². The third kappa shape index (κ3) is 12.0. The number of anilines is 1. The van der Waals surface area contributed by atoms with E-state index < -0.39 is 50.4 Å². The Hall–Kier alpha value is -5.51. The van der Waals surface area contributed by atoms with E-state index in [1.165, 1.54) is 21.9 Å². The van der Waals surface area contributed by atoms with Gasteiger partial charge in [-0.1, -0.05) is 60.8 Å². The van der Waals surface area contributed by atoms with E-state index in [2.05, 4.69) is 10.3 Å². The van der Waals surface area contributed by atoms with Crippen molar-refractivity contribution in [3.63, 3.8) is 0 Å². The lowest BCUT2D eigenvalue weighted by molar-refractivity contribution is -0.233. The summed E-state index contributed by atoms with van der Waals surface area (Å²) in [4.78, 5) is 78.1. The van der Waals surface area contributed by atoms with Gasteiger partial charge in [0.25, 0.3) is 5.91 Å². The summed E-state index contributed by atoms with van der Waals surface area (Å²) in [7, 11) is -1.01. The minimum Gasteiger partial charge on any atom is -0.465 e. The lowest BCUT2D eigenvalue weighted by Crippen LogP contribution is -2.56. The van der Waals surface area contributed by atoms with E-state index in [1.807, 2.05) is 35.2 Å². The SMILES string of the molecule is CCCC(=O)OC(OC(=O)CCC)O[P+](=O)c1ccc(C[C@H](NC(=O)c2cc(N3CC[C@H](OC)C3)nc(-c3ccccc3)n2)C(=O)N2CCN(C(=O)O)CC2)cc1. The Balaban J connectivity index is 1.37. The molecule has 0 bridgehead atoms. The Morgan fingerprint density at radius 2 is 1.51 bits per heavy atom. The molecule has 2 saturated heterocycles. The van der Waals surface area contributed by atoms with Gasteiger partial charge < -0.3 is 39.3 Å². The summed E-state index contributed by atoms with van der Waals surface area (Å²) >= 11 is 0. The molecule has 57 heavy (non-hydrogen) atoms. The van der Waals surface area contributed by atoms with Gasteiger partial charge in [-0.25, -0.2) is 14.8 Å². The summed E-state index contributed by atoms with van der Waals surface area (Å²) in [6.07, 6.45) is 0.768. The Morgan fingerprint density at radius 1 is 0.877 bits per heavy atom. The lowest BCUT2D eigenvalue weighted by atomic mass is 10.0. The number of methoxy groups -OCH3 is 1. The van der Waals surface area contributed by atoms with Gasteiger partial charge in [-0.2, -0.15) is 0 Å². The minimum atomic E-state index is -2.67. The van der Waals surface area contributed by atoms with Gasteiger partial charge in [0.1, 0.15) is 17.6 Å². The maximum Gasteiger partial charge on any atom is 0.556 e. The number of nitrogens with one attached hydrogen (secondary N) is 1. The first kappa shape index (κ1) is 42.6. The summed E-state index contributed by atoms with van der Waals surface area (Å²) < 4.78 is 34.3.